The number of halogens is 1. The second kappa shape index (κ2) is 11.0. The predicted molar refractivity (Wildman–Crippen MR) is 131 cm³/mol. The number of amides is 1. The Morgan fingerprint density at radius 3 is 2.38 bits per heavy atom. The standard InChI is InChI=1S/C27H25FN4O2/c1-2-15-34-24-13-3-19(4-14-24)17-29-27(33)21-7-11-23(12-8-21)32-26-16-25(30-18-31-26)20-5-9-22(28)10-6-20/h3-14,16,18H,2,15,17H2,1H3,(H,29,33)(H,30,31,32). The summed E-state index contributed by atoms with van der Waals surface area (Å²) in [6, 6.07) is 22.8. The summed E-state index contributed by atoms with van der Waals surface area (Å²) in [6.07, 6.45) is 2.41. The van der Waals surface area contributed by atoms with E-state index in [2.05, 4.69) is 27.5 Å². The smallest absolute Gasteiger partial charge is 0.251 e. The van der Waals surface area contributed by atoms with E-state index >= 15 is 0 Å². The number of carbonyl (C=O) groups excluding carboxylic acids is 1. The molecule has 2 N–H and O–H groups in total. The van der Waals surface area contributed by atoms with Crippen LogP contribution in [0.3, 0.4) is 0 Å². The molecule has 0 atom stereocenters. The highest BCUT2D eigenvalue weighted by Crippen LogP contribution is 2.22. The van der Waals surface area contributed by atoms with Crippen molar-refractivity contribution in [2.75, 3.05) is 11.9 Å². The Labute approximate surface area is 197 Å². The van der Waals surface area contributed by atoms with Gasteiger partial charge in [0.25, 0.3) is 5.91 Å². The van der Waals surface area contributed by atoms with Gasteiger partial charge in [-0.05, 0) is 72.6 Å². The lowest BCUT2D eigenvalue weighted by Gasteiger charge is -2.09. The Kier molecular flexibility index (Phi) is 7.45. The van der Waals surface area contributed by atoms with Gasteiger partial charge in [-0.25, -0.2) is 14.4 Å². The summed E-state index contributed by atoms with van der Waals surface area (Å²) < 4.78 is 18.7. The third-order valence-corrected chi connectivity index (χ3v) is 5.08. The number of nitrogens with zero attached hydrogens (tertiary/aromatic N) is 2. The van der Waals surface area contributed by atoms with Gasteiger partial charge in [0.1, 0.15) is 23.7 Å². The molecule has 172 valence electrons. The van der Waals surface area contributed by atoms with Crippen LogP contribution in [0, 0.1) is 5.82 Å². The number of rotatable bonds is 9. The predicted octanol–water partition coefficient (Wildman–Crippen LogP) is 5.75. The van der Waals surface area contributed by atoms with Crippen molar-refractivity contribution in [3.8, 4) is 17.0 Å². The summed E-state index contributed by atoms with van der Waals surface area (Å²) in [5.74, 6) is 0.972. The van der Waals surface area contributed by atoms with E-state index < -0.39 is 0 Å². The van der Waals surface area contributed by atoms with Gasteiger partial charge in [-0.15, -0.1) is 0 Å². The van der Waals surface area contributed by atoms with Crippen LogP contribution in [-0.2, 0) is 6.54 Å². The molecule has 6 nitrogen and oxygen atoms in total. The lowest BCUT2D eigenvalue weighted by molar-refractivity contribution is 0.0951. The van der Waals surface area contributed by atoms with Crippen LogP contribution in [0.4, 0.5) is 15.9 Å². The molecular weight excluding hydrogens is 431 g/mol. The summed E-state index contributed by atoms with van der Waals surface area (Å²) in [6.45, 7) is 3.18. The van der Waals surface area contributed by atoms with E-state index in [4.69, 9.17) is 4.74 Å². The van der Waals surface area contributed by atoms with Crippen molar-refractivity contribution in [3.05, 3.63) is 102 Å². The van der Waals surface area contributed by atoms with Crippen LogP contribution in [-0.4, -0.2) is 22.5 Å². The van der Waals surface area contributed by atoms with E-state index in [0.29, 0.717) is 30.2 Å². The Balaban J connectivity index is 1.33. The fourth-order valence-corrected chi connectivity index (χ4v) is 3.26. The average Bonchev–Trinajstić information content (AvgIpc) is 2.88. The molecule has 0 unspecified atom stereocenters. The van der Waals surface area contributed by atoms with Crippen LogP contribution in [0.1, 0.15) is 29.3 Å². The maximum atomic E-state index is 13.2. The van der Waals surface area contributed by atoms with Gasteiger partial charge in [0, 0.05) is 29.4 Å². The first kappa shape index (κ1) is 22.9. The number of carbonyl (C=O) groups is 1. The molecule has 1 amide bonds. The molecule has 0 bridgehead atoms. The van der Waals surface area contributed by atoms with Crippen LogP contribution in [0.25, 0.3) is 11.3 Å². The number of anilines is 2. The van der Waals surface area contributed by atoms with E-state index in [-0.39, 0.29) is 11.7 Å². The Bertz CT molecular complexity index is 1230. The molecule has 0 saturated carbocycles. The van der Waals surface area contributed by atoms with Gasteiger partial charge >= 0.3 is 0 Å². The number of ether oxygens (including phenoxy) is 1. The molecule has 0 radical (unpaired) electrons. The van der Waals surface area contributed by atoms with Crippen molar-refractivity contribution < 1.29 is 13.9 Å². The number of hydrogen-bond donors (Lipinski definition) is 2. The number of benzene rings is 3. The molecule has 1 heterocycles. The first-order chi connectivity index (χ1) is 16.6. The fourth-order valence-electron chi connectivity index (χ4n) is 3.26. The fraction of sp³-hybridized carbons (Fsp3) is 0.148. The van der Waals surface area contributed by atoms with E-state index in [1.54, 1.807) is 30.3 Å². The highest BCUT2D eigenvalue weighted by atomic mass is 19.1. The monoisotopic (exact) mass is 456 g/mol. The maximum Gasteiger partial charge on any atom is 0.251 e. The molecule has 1 aromatic heterocycles. The summed E-state index contributed by atoms with van der Waals surface area (Å²) >= 11 is 0. The van der Waals surface area contributed by atoms with Crippen molar-refractivity contribution in [3.63, 3.8) is 0 Å². The van der Waals surface area contributed by atoms with Crippen molar-refractivity contribution in [2.24, 2.45) is 0 Å². The van der Waals surface area contributed by atoms with Crippen LogP contribution >= 0.6 is 0 Å². The number of nitrogens with one attached hydrogen (secondary N) is 2. The van der Waals surface area contributed by atoms with Gasteiger partial charge in [-0.2, -0.15) is 0 Å². The molecular formula is C27H25FN4O2. The zero-order valence-corrected chi connectivity index (χ0v) is 18.8. The van der Waals surface area contributed by atoms with Crippen LogP contribution in [0.5, 0.6) is 5.75 Å². The first-order valence-corrected chi connectivity index (χ1v) is 11.1. The van der Waals surface area contributed by atoms with Gasteiger partial charge in [0.15, 0.2) is 0 Å². The number of aromatic nitrogens is 2. The van der Waals surface area contributed by atoms with Crippen molar-refractivity contribution >= 4 is 17.4 Å². The van der Waals surface area contributed by atoms with Gasteiger partial charge < -0.3 is 15.4 Å². The normalized spacial score (nSPS) is 10.5. The van der Waals surface area contributed by atoms with E-state index in [0.717, 1.165) is 29.0 Å². The quantitative estimate of drug-likeness (QED) is 0.336. The van der Waals surface area contributed by atoms with E-state index in [9.17, 15) is 9.18 Å². The SMILES string of the molecule is CCCOc1ccc(CNC(=O)c2ccc(Nc3cc(-c4ccc(F)cc4)ncn3)cc2)cc1. The average molecular weight is 457 g/mol. The largest absolute Gasteiger partial charge is 0.494 e. The van der Waals surface area contributed by atoms with Gasteiger partial charge in [-0.3, -0.25) is 4.79 Å². The topological polar surface area (TPSA) is 76.1 Å². The molecule has 0 aliphatic carbocycles. The second-order valence-corrected chi connectivity index (χ2v) is 7.67. The molecule has 0 aliphatic heterocycles. The van der Waals surface area contributed by atoms with Crippen LogP contribution in [0.2, 0.25) is 0 Å². The highest BCUT2D eigenvalue weighted by Gasteiger charge is 2.07. The van der Waals surface area contributed by atoms with Crippen molar-refractivity contribution in [1.82, 2.24) is 15.3 Å². The lowest BCUT2D eigenvalue weighted by Crippen LogP contribution is -2.22. The van der Waals surface area contributed by atoms with Crippen molar-refractivity contribution in [1.29, 1.82) is 0 Å². The molecule has 0 aliphatic rings. The van der Waals surface area contributed by atoms with Crippen LogP contribution in [0.15, 0.2) is 85.2 Å². The minimum Gasteiger partial charge on any atom is -0.494 e. The molecule has 34 heavy (non-hydrogen) atoms. The summed E-state index contributed by atoms with van der Waals surface area (Å²) in [4.78, 5) is 21.0. The molecule has 4 aromatic rings. The summed E-state index contributed by atoms with van der Waals surface area (Å²) in [5.41, 5.74) is 3.81. The lowest BCUT2D eigenvalue weighted by atomic mass is 10.1. The van der Waals surface area contributed by atoms with Gasteiger partial charge in [0.05, 0.1) is 12.3 Å². The molecule has 4 rings (SSSR count). The van der Waals surface area contributed by atoms with Gasteiger partial charge in [-0.1, -0.05) is 19.1 Å². The third kappa shape index (κ3) is 6.16. The Morgan fingerprint density at radius 2 is 1.68 bits per heavy atom. The second-order valence-electron chi connectivity index (χ2n) is 7.67. The Morgan fingerprint density at radius 1 is 0.941 bits per heavy atom. The third-order valence-electron chi connectivity index (χ3n) is 5.08. The first-order valence-electron chi connectivity index (χ1n) is 11.1. The minimum absolute atomic E-state index is 0.154. The Hall–Kier alpha value is -4.26. The summed E-state index contributed by atoms with van der Waals surface area (Å²) in [5, 5.41) is 6.13. The van der Waals surface area contributed by atoms with E-state index in [1.165, 1.54) is 18.5 Å². The molecule has 0 spiro atoms. The summed E-state index contributed by atoms with van der Waals surface area (Å²) in [7, 11) is 0. The molecule has 0 saturated heterocycles. The van der Waals surface area contributed by atoms with Crippen LogP contribution < -0.4 is 15.4 Å². The van der Waals surface area contributed by atoms with E-state index in [1.807, 2.05) is 36.4 Å². The molecule has 3 aromatic carbocycles. The highest BCUT2D eigenvalue weighted by molar-refractivity contribution is 5.94. The zero-order chi connectivity index (χ0) is 23.8. The molecule has 7 heteroatoms. The van der Waals surface area contributed by atoms with Crippen molar-refractivity contribution in [2.45, 2.75) is 19.9 Å². The molecule has 0 fully saturated rings. The zero-order valence-electron chi connectivity index (χ0n) is 18.8. The van der Waals surface area contributed by atoms with Gasteiger partial charge in [0.2, 0.25) is 0 Å². The number of hydrogen-bond acceptors (Lipinski definition) is 5. The minimum atomic E-state index is -0.296. The maximum absolute atomic E-state index is 13.2.